The molecule has 1 unspecified atom stereocenters. The molecule has 0 aliphatic carbocycles. The molecule has 1 atom stereocenters. The van der Waals surface area contributed by atoms with Crippen molar-refractivity contribution in [2.75, 3.05) is 6.61 Å². The molecule has 0 fully saturated rings. The van der Waals surface area contributed by atoms with Crippen LogP contribution in [0.5, 0.6) is 0 Å². The molecular weight excluding hydrogens is 214 g/mol. The molecule has 82 valence electrons. The maximum Gasteiger partial charge on any atom is 0.512 e. The molecule has 0 saturated carbocycles. The molecule has 2 nitrogen and oxygen atoms in total. The highest BCUT2D eigenvalue weighted by molar-refractivity contribution is 7.38. The Kier molecular flexibility index (Phi) is 4.86. The molecule has 1 aromatic rings. The third kappa shape index (κ3) is 5.01. The molecule has 0 aromatic heterocycles. The van der Waals surface area contributed by atoms with Crippen LogP contribution in [0.25, 0.3) is 0 Å². The van der Waals surface area contributed by atoms with Crippen LogP contribution < -0.4 is 0 Å². The molecule has 15 heavy (non-hydrogen) atoms. The Labute approximate surface area is 90.3 Å². The van der Waals surface area contributed by atoms with Crippen LogP contribution in [0.2, 0.25) is 0 Å². The standard InChI is InChI=1S/C11H15FO2P/c1-9(2)7-14-15(13)8-10-4-3-5-11(12)6-10/h3-6,9H,7-8H2,1-2H3/q+1. The summed E-state index contributed by atoms with van der Waals surface area (Å²) < 4.78 is 29.4. The van der Waals surface area contributed by atoms with E-state index in [2.05, 4.69) is 0 Å². The van der Waals surface area contributed by atoms with Gasteiger partial charge in [-0.25, -0.2) is 4.39 Å². The second-order valence-corrected chi connectivity index (χ2v) is 5.05. The first-order valence-electron chi connectivity index (χ1n) is 4.90. The van der Waals surface area contributed by atoms with Crippen molar-refractivity contribution >= 4 is 8.03 Å². The summed E-state index contributed by atoms with van der Waals surface area (Å²) in [5.41, 5.74) is 0.708. The van der Waals surface area contributed by atoms with E-state index in [-0.39, 0.29) is 12.0 Å². The quantitative estimate of drug-likeness (QED) is 0.719. The summed E-state index contributed by atoms with van der Waals surface area (Å²) in [5.74, 6) is 0.0521. The molecule has 1 aromatic carbocycles. The fourth-order valence-electron chi connectivity index (χ4n) is 1.06. The van der Waals surface area contributed by atoms with Crippen molar-refractivity contribution in [2.24, 2.45) is 5.92 Å². The van der Waals surface area contributed by atoms with Crippen molar-refractivity contribution < 1.29 is 13.5 Å². The summed E-state index contributed by atoms with van der Waals surface area (Å²) in [6.07, 6.45) is 0.278. The predicted octanol–water partition coefficient (Wildman–Crippen LogP) is 3.74. The molecule has 0 bridgehead atoms. The van der Waals surface area contributed by atoms with Gasteiger partial charge in [0.2, 0.25) is 6.16 Å². The van der Waals surface area contributed by atoms with Crippen molar-refractivity contribution in [2.45, 2.75) is 20.0 Å². The van der Waals surface area contributed by atoms with Crippen LogP contribution in [0.4, 0.5) is 4.39 Å². The van der Waals surface area contributed by atoms with Crippen LogP contribution in [-0.2, 0) is 15.3 Å². The third-order valence-corrected chi connectivity index (χ3v) is 2.81. The van der Waals surface area contributed by atoms with Crippen LogP contribution in [0.3, 0.4) is 0 Å². The van der Waals surface area contributed by atoms with Gasteiger partial charge >= 0.3 is 8.03 Å². The van der Waals surface area contributed by atoms with E-state index in [1.54, 1.807) is 12.1 Å². The minimum Gasteiger partial charge on any atom is -0.207 e. The highest BCUT2D eigenvalue weighted by Gasteiger charge is 2.19. The van der Waals surface area contributed by atoms with Gasteiger partial charge in [-0.3, -0.25) is 0 Å². The van der Waals surface area contributed by atoms with E-state index >= 15 is 0 Å². The summed E-state index contributed by atoms with van der Waals surface area (Å²) in [4.78, 5) is 0. The Hall–Kier alpha value is -0.790. The smallest absolute Gasteiger partial charge is 0.207 e. The van der Waals surface area contributed by atoms with Gasteiger partial charge in [-0.1, -0.05) is 26.0 Å². The Balaban J connectivity index is 2.44. The lowest BCUT2D eigenvalue weighted by Crippen LogP contribution is -1.96. The fraction of sp³-hybridized carbons (Fsp3) is 0.455. The first kappa shape index (κ1) is 12.3. The summed E-state index contributed by atoms with van der Waals surface area (Å²) >= 11 is 0. The zero-order chi connectivity index (χ0) is 11.3. The molecule has 4 heteroatoms. The minimum absolute atomic E-state index is 0.278. The van der Waals surface area contributed by atoms with Gasteiger partial charge in [0.25, 0.3) is 0 Å². The maximum atomic E-state index is 12.8. The topological polar surface area (TPSA) is 26.3 Å². The molecule has 0 aliphatic heterocycles. The van der Waals surface area contributed by atoms with Crippen LogP contribution in [-0.4, -0.2) is 6.61 Å². The van der Waals surface area contributed by atoms with Crippen molar-refractivity contribution in [3.05, 3.63) is 35.6 Å². The minimum atomic E-state index is -1.72. The Bertz CT molecular complexity index is 339. The maximum absolute atomic E-state index is 12.8. The summed E-state index contributed by atoms with van der Waals surface area (Å²) in [5, 5.41) is 0. The lowest BCUT2D eigenvalue weighted by Gasteiger charge is -1.96. The van der Waals surface area contributed by atoms with E-state index in [0.717, 1.165) is 0 Å². The van der Waals surface area contributed by atoms with E-state index in [1.807, 2.05) is 13.8 Å². The molecule has 0 saturated heterocycles. The largest absolute Gasteiger partial charge is 0.512 e. The van der Waals surface area contributed by atoms with Crippen molar-refractivity contribution in [3.63, 3.8) is 0 Å². The molecule has 0 radical (unpaired) electrons. The van der Waals surface area contributed by atoms with Gasteiger partial charge in [-0.2, -0.15) is 0 Å². The van der Waals surface area contributed by atoms with E-state index in [4.69, 9.17) is 4.52 Å². The monoisotopic (exact) mass is 229 g/mol. The molecule has 0 aliphatic rings. The first-order chi connectivity index (χ1) is 7.08. The second kappa shape index (κ2) is 5.94. The number of hydrogen-bond donors (Lipinski definition) is 0. The SMILES string of the molecule is CC(C)CO[P+](=O)Cc1cccc(F)c1. The number of halogens is 1. The number of benzene rings is 1. The van der Waals surface area contributed by atoms with Gasteiger partial charge in [0.15, 0.2) is 0 Å². The average molecular weight is 229 g/mol. The van der Waals surface area contributed by atoms with E-state index in [9.17, 15) is 8.96 Å². The highest BCUT2D eigenvalue weighted by Crippen LogP contribution is 2.28. The number of hydrogen-bond acceptors (Lipinski definition) is 2. The summed E-state index contributed by atoms with van der Waals surface area (Å²) in [7, 11) is -1.72. The highest BCUT2D eigenvalue weighted by atomic mass is 31.1. The van der Waals surface area contributed by atoms with E-state index in [0.29, 0.717) is 18.1 Å². The molecule has 0 N–H and O–H groups in total. The zero-order valence-corrected chi connectivity index (χ0v) is 9.84. The Morgan fingerprint density at radius 1 is 1.47 bits per heavy atom. The Morgan fingerprint density at radius 3 is 2.80 bits per heavy atom. The lowest BCUT2D eigenvalue weighted by molar-refractivity contribution is 0.282. The van der Waals surface area contributed by atoms with Crippen LogP contribution in [0.1, 0.15) is 19.4 Å². The molecule has 0 heterocycles. The summed E-state index contributed by atoms with van der Waals surface area (Å²) in [6.45, 7) is 4.46. The van der Waals surface area contributed by atoms with Crippen LogP contribution >= 0.6 is 8.03 Å². The van der Waals surface area contributed by atoms with Crippen LogP contribution in [0, 0.1) is 11.7 Å². The van der Waals surface area contributed by atoms with Crippen molar-refractivity contribution in [3.8, 4) is 0 Å². The third-order valence-electron chi connectivity index (χ3n) is 1.75. The van der Waals surface area contributed by atoms with Crippen molar-refractivity contribution in [1.82, 2.24) is 0 Å². The fourth-order valence-corrected chi connectivity index (χ4v) is 2.11. The van der Waals surface area contributed by atoms with Crippen molar-refractivity contribution in [1.29, 1.82) is 0 Å². The average Bonchev–Trinajstić information content (AvgIpc) is 2.15. The Morgan fingerprint density at radius 2 is 2.20 bits per heavy atom. The predicted molar refractivity (Wildman–Crippen MR) is 58.5 cm³/mol. The van der Waals surface area contributed by atoms with E-state index in [1.165, 1.54) is 12.1 Å². The lowest BCUT2D eigenvalue weighted by atomic mass is 10.2. The first-order valence-corrected chi connectivity index (χ1v) is 6.26. The van der Waals surface area contributed by atoms with Gasteiger partial charge in [-0.15, -0.1) is 4.52 Å². The second-order valence-electron chi connectivity index (χ2n) is 3.81. The molecule has 0 spiro atoms. The zero-order valence-electron chi connectivity index (χ0n) is 8.94. The van der Waals surface area contributed by atoms with Gasteiger partial charge in [-0.05, 0) is 22.6 Å². The molecule has 0 amide bonds. The van der Waals surface area contributed by atoms with Crippen LogP contribution in [0.15, 0.2) is 24.3 Å². The normalized spacial score (nSPS) is 11.9. The van der Waals surface area contributed by atoms with E-state index < -0.39 is 8.03 Å². The van der Waals surface area contributed by atoms with Gasteiger partial charge in [0.1, 0.15) is 12.4 Å². The molecular formula is C11H15FO2P+. The van der Waals surface area contributed by atoms with Gasteiger partial charge < -0.3 is 0 Å². The van der Waals surface area contributed by atoms with Gasteiger partial charge in [0, 0.05) is 5.56 Å². The number of rotatable bonds is 5. The molecule has 1 rings (SSSR count). The summed E-state index contributed by atoms with van der Waals surface area (Å²) in [6, 6.07) is 6.10. The van der Waals surface area contributed by atoms with Gasteiger partial charge in [0.05, 0.1) is 0 Å².